The van der Waals surface area contributed by atoms with Crippen molar-refractivity contribution < 1.29 is 14.6 Å². The summed E-state index contributed by atoms with van der Waals surface area (Å²) in [5.41, 5.74) is 0. The summed E-state index contributed by atoms with van der Waals surface area (Å²) in [6.45, 7) is 2.06. The van der Waals surface area contributed by atoms with Crippen molar-refractivity contribution in [1.29, 1.82) is 0 Å². The molecule has 4 nitrogen and oxygen atoms in total. The van der Waals surface area contributed by atoms with Crippen LogP contribution in [-0.4, -0.2) is 47.8 Å². The zero-order valence-electron chi connectivity index (χ0n) is 8.06. The van der Waals surface area contributed by atoms with Crippen LogP contribution in [-0.2, 0) is 9.53 Å². The minimum Gasteiger partial charge on any atom is -0.480 e. The van der Waals surface area contributed by atoms with Crippen molar-refractivity contribution in [3.63, 3.8) is 0 Å². The van der Waals surface area contributed by atoms with E-state index in [4.69, 9.17) is 9.84 Å². The summed E-state index contributed by atoms with van der Waals surface area (Å²) in [5, 5.41) is 8.71. The molecule has 0 aromatic rings. The van der Waals surface area contributed by atoms with Gasteiger partial charge in [-0.3, -0.25) is 9.69 Å². The molecule has 4 heteroatoms. The van der Waals surface area contributed by atoms with Crippen LogP contribution in [0.1, 0.15) is 12.8 Å². The Bertz CT molecular complexity index is 250. The van der Waals surface area contributed by atoms with Crippen LogP contribution in [0.15, 0.2) is 0 Å². The van der Waals surface area contributed by atoms with Crippen molar-refractivity contribution in [3.8, 4) is 0 Å². The number of ether oxygens (including phenoxy) is 1. The third-order valence-corrected chi connectivity index (χ3v) is 3.89. The fraction of sp³-hybridized carbons (Fsp3) is 0.900. The van der Waals surface area contributed by atoms with Gasteiger partial charge in [0, 0.05) is 24.9 Å². The first-order valence-electron chi connectivity index (χ1n) is 5.33. The smallest absolute Gasteiger partial charge is 0.317 e. The van der Waals surface area contributed by atoms with Gasteiger partial charge in [-0.05, 0) is 12.8 Å². The first kappa shape index (κ1) is 8.68. The number of aliphatic carboxylic acids is 1. The number of fused-ring (bicyclic) bond motifs is 5. The van der Waals surface area contributed by atoms with Crippen LogP contribution in [0.25, 0.3) is 0 Å². The molecule has 0 radical (unpaired) electrons. The highest BCUT2D eigenvalue weighted by Crippen LogP contribution is 2.46. The summed E-state index contributed by atoms with van der Waals surface area (Å²) in [6.07, 6.45) is 3.24. The molecule has 0 aromatic carbocycles. The molecule has 2 bridgehead atoms. The van der Waals surface area contributed by atoms with Crippen LogP contribution in [0.5, 0.6) is 0 Å². The van der Waals surface area contributed by atoms with E-state index in [1.165, 1.54) is 12.8 Å². The minimum atomic E-state index is -0.710. The number of carbonyl (C=O) groups is 1. The first-order valence-corrected chi connectivity index (χ1v) is 5.33. The lowest BCUT2D eigenvalue weighted by atomic mass is 9.82. The Morgan fingerprint density at radius 3 is 2.36 bits per heavy atom. The fourth-order valence-electron chi connectivity index (χ4n) is 3.37. The Kier molecular flexibility index (Phi) is 1.82. The Balaban J connectivity index is 1.68. The second kappa shape index (κ2) is 2.94. The molecule has 78 valence electrons. The van der Waals surface area contributed by atoms with Crippen molar-refractivity contribution >= 4 is 5.97 Å². The van der Waals surface area contributed by atoms with E-state index in [0.29, 0.717) is 24.0 Å². The molecule has 0 aromatic heterocycles. The molecule has 4 unspecified atom stereocenters. The summed E-state index contributed by atoms with van der Waals surface area (Å²) in [5.74, 6) is 0.527. The number of hydrogen-bond acceptors (Lipinski definition) is 3. The normalized spacial score (nSPS) is 45.7. The van der Waals surface area contributed by atoms with Crippen LogP contribution in [0.4, 0.5) is 0 Å². The fourth-order valence-corrected chi connectivity index (χ4v) is 3.37. The standard InChI is InChI=1S/C10H15NO3/c12-10(13)5-11-3-6-7(4-11)9-2-1-8(6)14-9/h6-9H,1-5H2,(H,12,13). The molecule has 3 saturated heterocycles. The summed E-state index contributed by atoms with van der Waals surface area (Å²) in [4.78, 5) is 12.6. The highest BCUT2D eigenvalue weighted by molar-refractivity contribution is 5.69. The molecule has 1 N–H and O–H groups in total. The number of carboxylic acid groups (broad SMARTS) is 1. The van der Waals surface area contributed by atoms with Crippen LogP contribution >= 0.6 is 0 Å². The van der Waals surface area contributed by atoms with Crippen LogP contribution in [0.2, 0.25) is 0 Å². The summed E-state index contributed by atoms with van der Waals surface area (Å²) >= 11 is 0. The van der Waals surface area contributed by atoms with Crippen LogP contribution < -0.4 is 0 Å². The monoisotopic (exact) mass is 197 g/mol. The molecule has 0 aliphatic carbocycles. The van der Waals surface area contributed by atoms with Gasteiger partial charge in [0.15, 0.2) is 0 Å². The summed E-state index contributed by atoms with van der Waals surface area (Å²) in [7, 11) is 0. The molecular weight excluding hydrogens is 182 g/mol. The van der Waals surface area contributed by atoms with E-state index in [2.05, 4.69) is 4.90 Å². The molecule has 3 rings (SSSR count). The van der Waals surface area contributed by atoms with Crippen molar-refractivity contribution in [2.24, 2.45) is 11.8 Å². The summed E-state index contributed by atoms with van der Waals surface area (Å²) < 4.78 is 5.82. The lowest BCUT2D eigenvalue weighted by Gasteiger charge is -2.18. The highest BCUT2D eigenvalue weighted by atomic mass is 16.5. The number of carboxylic acids is 1. The minimum absolute atomic E-state index is 0.201. The van der Waals surface area contributed by atoms with Gasteiger partial charge in [0.1, 0.15) is 0 Å². The molecule has 3 fully saturated rings. The van der Waals surface area contributed by atoms with E-state index < -0.39 is 5.97 Å². The molecule has 4 atom stereocenters. The SMILES string of the molecule is O=C(O)CN1CC2C3CCC(O3)C2C1. The van der Waals surface area contributed by atoms with E-state index in [9.17, 15) is 4.79 Å². The van der Waals surface area contributed by atoms with Crippen molar-refractivity contribution in [1.82, 2.24) is 4.90 Å². The van der Waals surface area contributed by atoms with Gasteiger partial charge in [-0.15, -0.1) is 0 Å². The predicted molar refractivity (Wildman–Crippen MR) is 49.0 cm³/mol. The average molecular weight is 197 g/mol. The topological polar surface area (TPSA) is 49.8 Å². The molecule has 3 aliphatic rings. The maximum absolute atomic E-state index is 10.6. The Morgan fingerprint density at radius 1 is 1.29 bits per heavy atom. The number of rotatable bonds is 2. The molecule has 0 saturated carbocycles. The second-order valence-corrected chi connectivity index (χ2v) is 4.71. The lowest BCUT2D eigenvalue weighted by Crippen LogP contribution is -2.30. The third-order valence-electron chi connectivity index (χ3n) is 3.89. The Labute approximate surface area is 82.8 Å². The quantitative estimate of drug-likeness (QED) is 0.686. The van der Waals surface area contributed by atoms with Gasteiger partial charge in [-0.1, -0.05) is 0 Å². The van der Waals surface area contributed by atoms with Gasteiger partial charge in [0.2, 0.25) is 0 Å². The van der Waals surface area contributed by atoms with Gasteiger partial charge in [0.25, 0.3) is 0 Å². The largest absolute Gasteiger partial charge is 0.480 e. The van der Waals surface area contributed by atoms with Gasteiger partial charge in [0.05, 0.1) is 18.8 Å². The zero-order valence-corrected chi connectivity index (χ0v) is 8.06. The molecule has 3 heterocycles. The molecule has 0 spiro atoms. The average Bonchev–Trinajstić information content (AvgIpc) is 2.69. The lowest BCUT2D eigenvalue weighted by molar-refractivity contribution is -0.138. The predicted octanol–water partition coefficient (Wildman–Crippen LogP) is 0.180. The van der Waals surface area contributed by atoms with Crippen LogP contribution in [0, 0.1) is 11.8 Å². The Hall–Kier alpha value is -0.610. The molecule has 0 amide bonds. The van der Waals surface area contributed by atoms with Gasteiger partial charge in [-0.2, -0.15) is 0 Å². The van der Waals surface area contributed by atoms with Crippen molar-refractivity contribution in [3.05, 3.63) is 0 Å². The van der Waals surface area contributed by atoms with E-state index >= 15 is 0 Å². The van der Waals surface area contributed by atoms with Gasteiger partial charge >= 0.3 is 5.97 Å². The maximum Gasteiger partial charge on any atom is 0.317 e. The van der Waals surface area contributed by atoms with E-state index in [0.717, 1.165) is 13.1 Å². The van der Waals surface area contributed by atoms with E-state index in [1.54, 1.807) is 0 Å². The van der Waals surface area contributed by atoms with E-state index in [-0.39, 0.29) is 6.54 Å². The number of hydrogen-bond donors (Lipinski definition) is 1. The third kappa shape index (κ3) is 1.17. The van der Waals surface area contributed by atoms with Gasteiger partial charge < -0.3 is 9.84 Å². The number of likely N-dealkylation sites (tertiary alicyclic amines) is 1. The number of nitrogens with zero attached hydrogens (tertiary/aromatic N) is 1. The first-order chi connectivity index (χ1) is 6.74. The van der Waals surface area contributed by atoms with Crippen LogP contribution in [0.3, 0.4) is 0 Å². The maximum atomic E-state index is 10.6. The molecular formula is C10H15NO3. The zero-order chi connectivity index (χ0) is 9.71. The highest BCUT2D eigenvalue weighted by Gasteiger charge is 2.52. The van der Waals surface area contributed by atoms with Crippen molar-refractivity contribution in [2.75, 3.05) is 19.6 Å². The molecule has 14 heavy (non-hydrogen) atoms. The summed E-state index contributed by atoms with van der Waals surface area (Å²) in [6, 6.07) is 0. The van der Waals surface area contributed by atoms with Crippen molar-refractivity contribution in [2.45, 2.75) is 25.0 Å². The second-order valence-electron chi connectivity index (χ2n) is 4.71. The van der Waals surface area contributed by atoms with Gasteiger partial charge in [-0.25, -0.2) is 0 Å². The Morgan fingerprint density at radius 2 is 1.86 bits per heavy atom. The van der Waals surface area contributed by atoms with E-state index in [1.807, 2.05) is 0 Å². The molecule has 3 aliphatic heterocycles.